The van der Waals surface area contributed by atoms with Crippen LogP contribution in [-0.4, -0.2) is 26.2 Å². The van der Waals surface area contributed by atoms with E-state index in [2.05, 4.69) is 20.4 Å². The number of carboxylic acid groups (broad SMARTS) is 1. The van der Waals surface area contributed by atoms with Crippen LogP contribution in [0.3, 0.4) is 0 Å². The lowest BCUT2D eigenvalue weighted by molar-refractivity contribution is -0.384. The molecule has 136 valence electrons. The number of nitrogens with one attached hydrogen (secondary N) is 2. The molecule has 0 bridgehead atoms. The summed E-state index contributed by atoms with van der Waals surface area (Å²) in [7, 11) is 0. The topological polar surface area (TPSA) is 154 Å². The highest BCUT2D eigenvalue weighted by Crippen LogP contribution is 2.29. The number of nitro groups is 1. The zero-order chi connectivity index (χ0) is 19.4. The molecule has 0 radical (unpaired) electrons. The molecule has 3 rings (SSSR count). The van der Waals surface area contributed by atoms with Crippen LogP contribution in [0.25, 0.3) is 11.3 Å². The Kier molecular flexibility index (Phi) is 4.88. The first kappa shape index (κ1) is 17.7. The SMILES string of the molecule is O=C(O)Cc1ccc(N=Nc2c(-c3cccc([N+](=O)[O-])c3)[nH][nH]c2=O)cc1. The lowest BCUT2D eigenvalue weighted by Gasteiger charge is -1.99. The molecule has 1 aromatic heterocycles. The number of hydrogen-bond acceptors (Lipinski definition) is 6. The van der Waals surface area contributed by atoms with Crippen molar-refractivity contribution in [2.24, 2.45) is 10.2 Å². The van der Waals surface area contributed by atoms with Crippen LogP contribution in [0.4, 0.5) is 17.1 Å². The van der Waals surface area contributed by atoms with Gasteiger partial charge in [-0.2, -0.15) is 5.11 Å². The van der Waals surface area contributed by atoms with Crippen molar-refractivity contribution < 1.29 is 14.8 Å². The highest BCUT2D eigenvalue weighted by Gasteiger charge is 2.14. The molecule has 0 aliphatic heterocycles. The first-order valence-corrected chi connectivity index (χ1v) is 7.72. The van der Waals surface area contributed by atoms with E-state index in [0.29, 0.717) is 16.8 Å². The number of carboxylic acids is 1. The van der Waals surface area contributed by atoms with E-state index in [-0.39, 0.29) is 23.5 Å². The van der Waals surface area contributed by atoms with Crippen LogP contribution in [-0.2, 0) is 11.2 Å². The standard InChI is InChI=1S/C17H13N5O5/c23-14(24)8-10-4-6-12(7-5-10)18-20-16-15(19-21-17(16)25)11-2-1-3-13(9-11)22(26)27/h1-7,9H,8H2,(H,23,24)(H2,19,21,25). The Hall–Kier alpha value is -4.08. The number of hydrogen-bond donors (Lipinski definition) is 3. The smallest absolute Gasteiger partial charge is 0.307 e. The van der Waals surface area contributed by atoms with E-state index in [9.17, 15) is 19.7 Å². The fourth-order valence-electron chi connectivity index (χ4n) is 2.39. The van der Waals surface area contributed by atoms with Crippen molar-refractivity contribution in [1.29, 1.82) is 0 Å². The number of azo groups is 1. The summed E-state index contributed by atoms with van der Waals surface area (Å²) >= 11 is 0. The summed E-state index contributed by atoms with van der Waals surface area (Å²) in [4.78, 5) is 33.1. The van der Waals surface area contributed by atoms with E-state index in [0.717, 1.165) is 0 Å². The van der Waals surface area contributed by atoms with E-state index in [1.807, 2.05) is 0 Å². The number of nitrogens with zero attached hydrogens (tertiary/aromatic N) is 3. The van der Waals surface area contributed by atoms with Gasteiger partial charge >= 0.3 is 5.97 Å². The molecule has 0 saturated heterocycles. The molecule has 2 aromatic carbocycles. The fourth-order valence-corrected chi connectivity index (χ4v) is 2.39. The Bertz CT molecular complexity index is 1080. The molecule has 3 N–H and O–H groups in total. The van der Waals surface area contributed by atoms with Crippen molar-refractivity contribution in [3.63, 3.8) is 0 Å². The molecule has 10 heteroatoms. The maximum atomic E-state index is 12.0. The van der Waals surface area contributed by atoms with Gasteiger partial charge in [0.05, 0.1) is 22.7 Å². The molecule has 0 saturated carbocycles. The number of aromatic amines is 2. The monoisotopic (exact) mass is 367 g/mol. The molecule has 1 heterocycles. The van der Waals surface area contributed by atoms with Gasteiger partial charge in [0, 0.05) is 17.7 Å². The Labute approximate surface area is 151 Å². The van der Waals surface area contributed by atoms with E-state index in [1.165, 1.54) is 18.2 Å². The Balaban J connectivity index is 1.90. The summed E-state index contributed by atoms with van der Waals surface area (Å²) in [5.41, 5.74) is 1.05. The van der Waals surface area contributed by atoms with Crippen molar-refractivity contribution in [1.82, 2.24) is 10.2 Å². The van der Waals surface area contributed by atoms with Gasteiger partial charge in [0.25, 0.3) is 11.2 Å². The average Bonchev–Trinajstić information content (AvgIpc) is 3.01. The molecule has 10 nitrogen and oxygen atoms in total. The van der Waals surface area contributed by atoms with Crippen molar-refractivity contribution >= 4 is 23.0 Å². The van der Waals surface area contributed by atoms with Gasteiger partial charge < -0.3 is 5.11 Å². The van der Waals surface area contributed by atoms with E-state index < -0.39 is 16.5 Å². The van der Waals surface area contributed by atoms with Crippen molar-refractivity contribution in [3.05, 3.63) is 74.6 Å². The first-order chi connectivity index (χ1) is 12.9. The van der Waals surface area contributed by atoms with Crippen LogP contribution >= 0.6 is 0 Å². The average molecular weight is 367 g/mol. The van der Waals surface area contributed by atoms with Gasteiger partial charge in [0.1, 0.15) is 0 Å². The number of non-ortho nitro benzene ring substituents is 1. The zero-order valence-corrected chi connectivity index (χ0v) is 13.7. The largest absolute Gasteiger partial charge is 0.481 e. The van der Waals surface area contributed by atoms with Crippen molar-refractivity contribution in [2.45, 2.75) is 6.42 Å². The summed E-state index contributed by atoms with van der Waals surface area (Å²) in [5.74, 6) is -0.940. The van der Waals surface area contributed by atoms with E-state index in [4.69, 9.17) is 5.11 Å². The normalized spacial score (nSPS) is 11.0. The van der Waals surface area contributed by atoms with Crippen LogP contribution in [0.5, 0.6) is 0 Å². The van der Waals surface area contributed by atoms with Crippen molar-refractivity contribution in [2.75, 3.05) is 0 Å². The molecule has 0 atom stereocenters. The summed E-state index contributed by atoms with van der Waals surface area (Å²) in [6.07, 6.45) is -0.105. The molecule has 3 aromatic rings. The summed E-state index contributed by atoms with van der Waals surface area (Å²) in [5, 5.41) is 32.6. The molecule has 0 fully saturated rings. The highest BCUT2D eigenvalue weighted by molar-refractivity contribution is 5.73. The van der Waals surface area contributed by atoms with Gasteiger partial charge in [-0.3, -0.25) is 29.9 Å². The predicted molar refractivity (Wildman–Crippen MR) is 95.5 cm³/mol. The number of nitro benzene ring substituents is 1. The van der Waals surface area contributed by atoms with Gasteiger partial charge in [0.2, 0.25) is 0 Å². The van der Waals surface area contributed by atoms with E-state index >= 15 is 0 Å². The molecular weight excluding hydrogens is 354 g/mol. The third-order valence-electron chi connectivity index (χ3n) is 3.66. The second kappa shape index (κ2) is 7.44. The molecule has 27 heavy (non-hydrogen) atoms. The molecular formula is C17H13N5O5. The number of H-pyrrole nitrogens is 2. The molecule has 0 aliphatic carbocycles. The maximum absolute atomic E-state index is 12.0. The van der Waals surface area contributed by atoms with Crippen LogP contribution in [0.15, 0.2) is 63.6 Å². The second-order valence-electron chi connectivity index (χ2n) is 5.55. The van der Waals surface area contributed by atoms with Crippen LogP contribution in [0.1, 0.15) is 5.56 Å². The van der Waals surface area contributed by atoms with Gasteiger partial charge in [-0.15, -0.1) is 5.11 Å². The fraction of sp³-hybridized carbons (Fsp3) is 0.0588. The number of carbonyl (C=O) groups is 1. The third kappa shape index (κ3) is 4.12. The number of rotatable bonds is 6. The summed E-state index contributed by atoms with van der Waals surface area (Å²) in [6, 6.07) is 12.1. The van der Waals surface area contributed by atoms with Gasteiger partial charge in [-0.1, -0.05) is 24.3 Å². The molecule has 0 aliphatic rings. The predicted octanol–water partition coefficient (Wildman–Crippen LogP) is 3.32. The third-order valence-corrected chi connectivity index (χ3v) is 3.66. The van der Waals surface area contributed by atoms with E-state index in [1.54, 1.807) is 30.3 Å². The van der Waals surface area contributed by atoms with Crippen LogP contribution in [0.2, 0.25) is 0 Å². The zero-order valence-electron chi connectivity index (χ0n) is 13.7. The Morgan fingerprint density at radius 3 is 2.52 bits per heavy atom. The lowest BCUT2D eigenvalue weighted by atomic mass is 10.1. The first-order valence-electron chi connectivity index (χ1n) is 7.72. The minimum absolute atomic E-state index is 0.0230. The molecule has 0 amide bonds. The Morgan fingerprint density at radius 1 is 1.11 bits per heavy atom. The lowest BCUT2D eigenvalue weighted by Crippen LogP contribution is -1.99. The second-order valence-corrected chi connectivity index (χ2v) is 5.55. The quantitative estimate of drug-likeness (QED) is 0.346. The molecule has 0 spiro atoms. The minimum Gasteiger partial charge on any atom is -0.481 e. The summed E-state index contributed by atoms with van der Waals surface area (Å²) in [6.45, 7) is 0. The van der Waals surface area contributed by atoms with Crippen molar-refractivity contribution in [3.8, 4) is 11.3 Å². The maximum Gasteiger partial charge on any atom is 0.307 e. The number of aliphatic carboxylic acids is 1. The minimum atomic E-state index is -0.940. The number of aromatic nitrogens is 2. The van der Waals surface area contributed by atoms with Gasteiger partial charge in [0.15, 0.2) is 5.69 Å². The Morgan fingerprint density at radius 2 is 1.85 bits per heavy atom. The number of benzene rings is 2. The molecule has 0 unspecified atom stereocenters. The van der Waals surface area contributed by atoms with Gasteiger partial charge in [-0.05, 0) is 17.7 Å². The van der Waals surface area contributed by atoms with Crippen LogP contribution in [0, 0.1) is 10.1 Å². The summed E-state index contributed by atoms with van der Waals surface area (Å²) < 4.78 is 0. The van der Waals surface area contributed by atoms with Crippen LogP contribution < -0.4 is 5.56 Å². The highest BCUT2D eigenvalue weighted by atomic mass is 16.6. The van der Waals surface area contributed by atoms with Gasteiger partial charge in [-0.25, -0.2) is 0 Å².